The normalized spacial score (nSPS) is 33.7. The van der Waals surface area contributed by atoms with Crippen LogP contribution in [0.15, 0.2) is 0 Å². The summed E-state index contributed by atoms with van der Waals surface area (Å²) in [5, 5.41) is 3.72. The molecule has 1 aliphatic heterocycles. The van der Waals surface area contributed by atoms with Gasteiger partial charge in [0.25, 0.3) is 0 Å². The highest BCUT2D eigenvalue weighted by molar-refractivity contribution is 4.93. The molecule has 0 aromatic carbocycles. The minimum Gasteiger partial charge on any atom is -0.313 e. The van der Waals surface area contributed by atoms with Crippen LogP contribution in [0.25, 0.3) is 0 Å². The van der Waals surface area contributed by atoms with E-state index >= 15 is 0 Å². The molecule has 0 spiro atoms. The fraction of sp³-hybridized carbons (Fsp3) is 1.00. The molecular weight excluding hydrogens is 220 g/mol. The van der Waals surface area contributed by atoms with E-state index in [4.69, 9.17) is 0 Å². The second kappa shape index (κ2) is 5.13. The molecule has 1 saturated heterocycles. The van der Waals surface area contributed by atoms with E-state index in [1.54, 1.807) is 0 Å². The molecule has 1 heterocycles. The van der Waals surface area contributed by atoms with Crippen LogP contribution in [-0.2, 0) is 0 Å². The molecule has 0 bridgehead atoms. The lowest BCUT2D eigenvalue weighted by Crippen LogP contribution is -2.44. The van der Waals surface area contributed by atoms with Crippen molar-refractivity contribution in [3.63, 3.8) is 0 Å². The molecule has 2 heteroatoms. The van der Waals surface area contributed by atoms with E-state index in [0.717, 1.165) is 18.0 Å². The average molecular weight is 250 g/mol. The SMILES string of the molecule is CC(C)(CNC1CC1)CN1CCC2CCCCC21. The summed E-state index contributed by atoms with van der Waals surface area (Å²) in [4.78, 5) is 2.82. The van der Waals surface area contributed by atoms with Crippen LogP contribution >= 0.6 is 0 Å². The molecule has 0 amide bonds. The molecule has 2 nitrogen and oxygen atoms in total. The summed E-state index contributed by atoms with van der Waals surface area (Å²) in [6.45, 7) is 8.75. The maximum atomic E-state index is 3.72. The fourth-order valence-corrected chi connectivity index (χ4v) is 4.01. The molecule has 3 rings (SSSR count). The number of fused-ring (bicyclic) bond motifs is 1. The topological polar surface area (TPSA) is 15.3 Å². The first-order chi connectivity index (χ1) is 8.64. The first kappa shape index (κ1) is 12.9. The van der Waals surface area contributed by atoms with E-state index < -0.39 is 0 Å². The van der Waals surface area contributed by atoms with Gasteiger partial charge in [-0.1, -0.05) is 26.7 Å². The molecule has 0 aromatic heterocycles. The van der Waals surface area contributed by atoms with Gasteiger partial charge in [0, 0.05) is 25.2 Å². The lowest BCUT2D eigenvalue weighted by atomic mass is 9.84. The Morgan fingerprint density at radius 1 is 1.06 bits per heavy atom. The molecule has 2 saturated carbocycles. The number of nitrogens with one attached hydrogen (secondary N) is 1. The van der Waals surface area contributed by atoms with Gasteiger partial charge in [0.1, 0.15) is 0 Å². The molecule has 3 fully saturated rings. The van der Waals surface area contributed by atoms with Crippen molar-refractivity contribution in [3.05, 3.63) is 0 Å². The monoisotopic (exact) mass is 250 g/mol. The van der Waals surface area contributed by atoms with Crippen LogP contribution in [0, 0.1) is 11.3 Å². The van der Waals surface area contributed by atoms with Gasteiger partial charge in [-0.2, -0.15) is 0 Å². The summed E-state index contributed by atoms with van der Waals surface area (Å²) in [5.41, 5.74) is 0.439. The molecule has 0 radical (unpaired) electrons. The fourth-order valence-electron chi connectivity index (χ4n) is 4.01. The summed E-state index contributed by atoms with van der Waals surface area (Å²) in [7, 11) is 0. The van der Waals surface area contributed by atoms with E-state index in [-0.39, 0.29) is 0 Å². The molecule has 1 N–H and O–H groups in total. The number of hydrogen-bond acceptors (Lipinski definition) is 2. The minimum absolute atomic E-state index is 0.439. The quantitative estimate of drug-likeness (QED) is 0.807. The van der Waals surface area contributed by atoms with E-state index in [1.165, 1.54) is 64.6 Å². The largest absolute Gasteiger partial charge is 0.313 e. The van der Waals surface area contributed by atoms with Crippen LogP contribution < -0.4 is 5.32 Å². The summed E-state index contributed by atoms with van der Waals surface area (Å²) in [6.07, 6.45) is 10.2. The van der Waals surface area contributed by atoms with Crippen LogP contribution in [-0.4, -0.2) is 36.6 Å². The van der Waals surface area contributed by atoms with E-state index in [0.29, 0.717) is 5.41 Å². The van der Waals surface area contributed by atoms with Gasteiger partial charge in [0.2, 0.25) is 0 Å². The van der Waals surface area contributed by atoms with E-state index in [2.05, 4.69) is 24.1 Å². The van der Waals surface area contributed by atoms with Crippen molar-refractivity contribution in [1.29, 1.82) is 0 Å². The van der Waals surface area contributed by atoms with Crippen molar-refractivity contribution in [2.45, 2.75) is 70.9 Å². The third-order valence-corrected chi connectivity index (χ3v) is 5.20. The standard InChI is InChI=1S/C16H30N2/c1-16(2,11-17-14-7-8-14)12-18-10-9-13-5-3-4-6-15(13)18/h13-15,17H,3-12H2,1-2H3. The van der Waals surface area contributed by atoms with Gasteiger partial charge >= 0.3 is 0 Å². The molecule has 104 valence electrons. The zero-order valence-electron chi connectivity index (χ0n) is 12.3. The second-order valence-electron chi connectivity index (χ2n) is 7.69. The van der Waals surface area contributed by atoms with Gasteiger partial charge in [0.15, 0.2) is 0 Å². The first-order valence-electron chi connectivity index (χ1n) is 8.11. The summed E-state index contributed by atoms with van der Waals surface area (Å²) >= 11 is 0. The highest BCUT2D eigenvalue weighted by Crippen LogP contribution is 2.37. The molecular formula is C16H30N2. The van der Waals surface area contributed by atoms with Crippen LogP contribution in [0.1, 0.15) is 58.8 Å². The Hall–Kier alpha value is -0.0800. The maximum Gasteiger partial charge on any atom is 0.0124 e. The van der Waals surface area contributed by atoms with Crippen molar-refractivity contribution >= 4 is 0 Å². The Labute approximate surface area is 113 Å². The molecule has 2 unspecified atom stereocenters. The number of rotatable bonds is 5. The Kier molecular flexibility index (Phi) is 3.68. The Morgan fingerprint density at radius 2 is 1.83 bits per heavy atom. The van der Waals surface area contributed by atoms with E-state index in [1.807, 2.05) is 0 Å². The van der Waals surface area contributed by atoms with Gasteiger partial charge in [-0.15, -0.1) is 0 Å². The van der Waals surface area contributed by atoms with Crippen LogP contribution in [0.2, 0.25) is 0 Å². The van der Waals surface area contributed by atoms with Gasteiger partial charge in [-0.25, -0.2) is 0 Å². The van der Waals surface area contributed by atoms with Gasteiger partial charge in [-0.05, 0) is 50.0 Å². The third-order valence-electron chi connectivity index (χ3n) is 5.20. The lowest BCUT2D eigenvalue weighted by molar-refractivity contribution is 0.126. The van der Waals surface area contributed by atoms with Crippen molar-refractivity contribution in [2.24, 2.45) is 11.3 Å². The Balaban J connectivity index is 1.51. The first-order valence-corrected chi connectivity index (χ1v) is 8.11. The van der Waals surface area contributed by atoms with Crippen molar-refractivity contribution in [2.75, 3.05) is 19.6 Å². The summed E-state index contributed by atoms with van der Waals surface area (Å²) in [5.74, 6) is 1.03. The van der Waals surface area contributed by atoms with Crippen LogP contribution in [0.4, 0.5) is 0 Å². The zero-order chi connectivity index (χ0) is 12.6. The number of likely N-dealkylation sites (tertiary alicyclic amines) is 1. The van der Waals surface area contributed by atoms with Crippen LogP contribution in [0.3, 0.4) is 0 Å². The number of nitrogens with zero attached hydrogens (tertiary/aromatic N) is 1. The van der Waals surface area contributed by atoms with E-state index in [9.17, 15) is 0 Å². The van der Waals surface area contributed by atoms with Crippen molar-refractivity contribution in [1.82, 2.24) is 10.2 Å². The van der Waals surface area contributed by atoms with Crippen LogP contribution in [0.5, 0.6) is 0 Å². The Bertz CT molecular complexity index is 283. The average Bonchev–Trinajstić information content (AvgIpc) is 3.10. The lowest BCUT2D eigenvalue weighted by Gasteiger charge is -2.37. The smallest absolute Gasteiger partial charge is 0.0124 e. The van der Waals surface area contributed by atoms with Crippen molar-refractivity contribution < 1.29 is 0 Å². The highest BCUT2D eigenvalue weighted by atomic mass is 15.2. The maximum absolute atomic E-state index is 3.72. The Morgan fingerprint density at radius 3 is 2.61 bits per heavy atom. The molecule has 2 atom stereocenters. The minimum atomic E-state index is 0.439. The number of hydrogen-bond donors (Lipinski definition) is 1. The molecule has 3 aliphatic rings. The third kappa shape index (κ3) is 3.08. The highest BCUT2D eigenvalue weighted by Gasteiger charge is 2.38. The predicted molar refractivity (Wildman–Crippen MR) is 76.7 cm³/mol. The molecule has 18 heavy (non-hydrogen) atoms. The molecule has 2 aliphatic carbocycles. The van der Waals surface area contributed by atoms with Gasteiger partial charge in [0.05, 0.1) is 0 Å². The molecule has 0 aromatic rings. The predicted octanol–water partition coefficient (Wildman–Crippen LogP) is 3.03. The van der Waals surface area contributed by atoms with Gasteiger partial charge in [-0.3, -0.25) is 4.90 Å². The summed E-state index contributed by atoms with van der Waals surface area (Å²) in [6, 6.07) is 1.78. The zero-order valence-corrected chi connectivity index (χ0v) is 12.3. The second-order valence-corrected chi connectivity index (χ2v) is 7.69. The summed E-state index contributed by atoms with van der Waals surface area (Å²) < 4.78 is 0. The van der Waals surface area contributed by atoms with Gasteiger partial charge < -0.3 is 5.32 Å². The van der Waals surface area contributed by atoms with Crippen molar-refractivity contribution in [3.8, 4) is 0 Å².